The number of halogens is 2. The number of amides is 1. The second kappa shape index (κ2) is 7.80. The van der Waals surface area contributed by atoms with Gasteiger partial charge in [-0.2, -0.15) is 5.26 Å². The van der Waals surface area contributed by atoms with Crippen LogP contribution >= 0.6 is 31.9 Å². The zero-order chi connectivity index (χ0) is 18.7. The summed E-state index contributed by atoms with van der Waals surface area (Å²) in [7, 11) is 0. The first-order chi connectivity index (χ1) is 11.8. The SMILES string of the molecule is CCn1cc(C#N)c(=O)n(CC(=O)Nc2c(Br)cc(C)cc2Br)c1=O. The minimum absolute atomic E-state index is 0.188. The summed E-state index contributed by atoms with van der Waals surface area (Å²) in [5.74, 6) is -0.554. The van der Waals surface area contributed by atoms with Gasteiger partial charge in [-0.3, -0.25) is 14.2 Å². The topological polar surface area (TPSA) is 96.9 Å². The molecule has 0 aliphatic heterocycles. The van der Waals surface area contributed by atoms with Gasteiger partial charge in [-0.1, -0.05) is 0 Å². The third kappa shape index (κ3) is 4.08. The van der Waals surface area contributed by atoms with E-state index in [9.17, 15) is 14.4 Å². The third-order valence-electron chi connectivity index (χ3n) is 3.45. The van der Waals surface area contributed by atoms with Crippen LogP contribution in [0.3, 0.4) is 0 Å². The van der Waals surface area contributed by atoms with Gasteiger partial charge in [-0.15, -0.1) is 0 Å². The summed E-state index contributed by atoms with van der Waals surface area (Å²) in [4.78, 5) is 36.8. The van der Waals surface area contributed by atoms with Crippen molar-refractivity contribution in [3.63, 3.8) is 0 Å². The highest BCUT2D eigenvalue weighted by Gasteiger charge is 2.16. The second-order valence-electron chi connectivity index (χ2n) is 5.27. The van der Waals surface area contributed by atoms with Crippen LogP contribution in [-0.2, 0) is 17.9 Å². The number of aryl methyl sites for hydroxylation is 2. The van der Waals surface area contributed by atoms with Crippen molar-refractivity contribution >= 4 is 43.5 Å². The summed E-state index contributed by atoms with van der Waals surface area (Å²) in [6.45, 7) is 3.41. The molecule has 130 valence electrons. The molecule has 0 saturated heterocycles. The largest absolute Gasteiger partial charge is 0.331 e. The van der Waals surface area contributed by atoms with Crippen LogP contribution in [0, 0.1) is 18.3 Å². The molecule has 7 nitrogen and oxygen atoms in total. The molecule has 0 radical (unpaired) electrons. The van der Waals surface area contributed by atoms with Crippen molar-refractivity contribution in [1.29, 1.82) is 5.26 Å². The van der Waals surface area contributed by atoms with E-state index >= 15 is 0 Å². The first-order valence-electron chi connectivity index (χ1n) is 7.28. The lowest BCUT2D eigenvalue weighted by atomic mass is 10.2. The maximum Gasteiger partial charge on any atom is 0.331 e. The Balaban J connectivity index is 2.38. The molecule has 9 heteroatoms. The Labute approximate surface area is 160 Å². The number of nitrogens with one attached hydrogen (secondary N) is 1. The molecule has 0 fully saturated rings. The molecular formula is C16H14Br2N4O3. The highest BCUT2D eigenvalue weighted by molar-refractivity contribution is 9.11. The van der Waals surface area contributed by atoms with Crippen LogP contribution < -0.4 is 16.6 Å². The van der Waals surface area contributed by atoms with E-state index in [-0.39, 0.29) is 12.1 Å². The first kappa shape index (κ1) is 19.1. The number of nitrogens with zero attached hydrogens (tertiary/aromatic N) is 3. The van der Waals surface area contributed by atoms with Crippen molar-refractivity contribution in [2.24, 2.45) is 0 Å². The van der Waals surface area contributed by atoms with Crippen LogP contribution in [0.25, 0.3) is 0 Å². The van der Waals surface area contributed by atoms with Gasteiger partial charge in [0, 0.05) is 21.7 Å². The van der Waals surface area contributed by atoms with Gasteiger partial charge >= 0.3 is 5.69 Å². The molecule has 0 saturated carbocycles. The van der Waals surface area contributed by atoms with Gasteiger partial charge in [0.15, 0.2) is 0 Å². The summed E-state index contributed by atoms with van der Waals surface area (Å²) in [6, 6.07) is 5.40. The van der Waals surface area contributed by atoms with E-state index in [4.69, 9.17) is 5.26 Å². The average molecular weight is 470 g/mol. The highest BCUT2D eigenvalue weighted by atomic mass is 79.9. The molecule has 2 aromatic rings. The molecule has 1 aromatic heterocycles. The molecule has 0 aliphatic rings. The van der Waals surface area contributed by atoms with Crippen LogP contribution in [0.5, 0.6) is 0 Å². The van der Waals surface area contributed by atoms with E-state index in [1.165, 1.54) is 10.8 Å². The number of nitriles is 1. The number of anilines is 1. The number of hydrogen-bond donors (Lipinski definition) is 1. The molecule has 25 heavy (non-hydrogen) atoms. The molecule has 0 aliphatic carbocycles. The number of carbonyl (C=O) groups excluding carboxylic acids is 1. The van der Waals surface area contributed by atoms with Crippen LogP contribution in [0.4, 0.5) is 5.69 Å². The minimum atomic E-state index is -0.783. The zero-order valence-electron chi connectivity index (χ0n) is 13.5. The number of carbonyl (C=O) groups is 1. The van der Waals surface area contributed by atoms with E-state index < -0.39 is 23.7 Å². The highest BCUT2D eigenvalue weighted by Crippen LogP contribution is 2.32. The lowest BCUT2D eigenvalue weighted by Crippen LogP contribution is -2.43. The van der Waals surface area contributed by atoms with Gasteiger partial charge in [-0.05, 0) is 63.4 Å². The predicted molar refractivity (Wildman–Crippen MR) is 101 cm³/mol. The molecule has 2 rings (SSSR count). The fourth-order valence-electron chi connectivity index (χ4n) is 2.24. The third-order valence-corrected chi connectivity index (χ3v) is 4.70. The fraction of sp³-hybridized carbons (Fsp3) is 0.250. The normalized spacial score (nSPS) is 10.4. The number of benzene rings is 1. The lowest BCUT2D eigenvalue weighted by Gasteiger charge is -2.12. The maximum absolute atomic E-state index is 12.3. The molecule has 1 N–H and O–H groups in total. The summed E-state index contributed by atoms with van der Waals surface area (Å²) in [5.41, 5.74) is -0.124. The van der Waals surface area contributed by atoms with Crippen LogP contribution in [0.2, 0.25) is 0 Å². The molecule has 0 bridgehead atoms. The predicted octanol–water partition coefficient (Wildman–Crippen LogP) is 2.37. The Bertz CT molecular complexity index is 979. The Morgan fingerprint density at radius 1 is 1.28 bits per heavy atom. The molecule has 1 amide bonds. The smallest absolute Gasteiger partial charge is 0.323 e. The van der Waals surface area contributed by atoms with E-state index in [2.05, 4.69) is 37.2 Å². The van der Waals surface area contributed by atoms with Crippen molar-refractivity contribution in [2.75, 3.05) is 5.32 Å². The minimum Gasteiger partial charge on any atom is -0.323 e. The molecular weight excluding hydrogens is 456 g/mol. The van der Waals surface area contributed by atoms with Gasteiger partial charge in [0.2, 0.25) is 5.91 Å². The van der Waals surface area contributed by atoms with Crippen molar-refractivity contribution in [1.82, 2.24) is 9.13 Å². The van der Waals surface area contributed by atoms with E-state index in [1.54, 1.807) is 13.0 Å². The zero-order valence-corrected chi connectivity index (χ0v) is 16.6. The molecule has 0 unspecified atom stereocenters. The Morgan fingerprint density at radius 3 is 2.40 bits per heavy atom. The lowest BCUT2D eigenvalue weighted by molar-refractivity contribution is -0.116. The summed E-state index contributed by atoms with van der Waals surface area (Å²) < 4.78 is 3.30. The van der Waals surface area contributed by atoms with Gasteiger partial charge in [-0.25, -0.2) is 9.36 Å². The van der Waals surface area contributed by atoms with E-state index in [0.29, 0.717) is 14.6 Å². The number of rotatable bonds is 4. The Kier molecular flexibility index (Phi) is 5.98. The molecule has 1 aromatic carbocycles. The number of aromatic nitrogens is 2. The maximum atomic E-state index is 12.3. The molecule has 1 heterocycles. The van der Waals surface area contributed by atoms with Gasteiger partial charge < -0.3 is 5.32 Å². The van der Waals surface area contributed by atoms with Crippen molar-refractivity contribution < 1.29 is 4.79 Å². The number of hydrogen-bond acceptors (Lipinski definition) is 4. The monoisotopic (exact) mass is 468 g/mol. The average Bonchev–Trinajstić information content (AvgIpc) is 2.55. The molecule has 0 spiro atoms. The Morgan fingerprint density at radius 2 is 1.88 bits per heavy atom. The van der Waals surface area contributed by atoms with Crippen LogP contribution in [0.1, 0.15) is 18.1 Å². The van der Waals surface area contributed by atoms with Crippen LogP contribution in [0.15, 0.2) is 36.9 Å². The first-order valence-corrected chi connectivity index (χ1v) is 8.87. The van der Waals surface area contributed by atoms with Crippen molar-refractivity contribution in [2.45, 2.75) is 26.9 Å². The van der Waals surface area contributed by atoms with Gasteiger partial charge in [0.05, 0.1) is 5.69 Å². The Hall–Kier alpha value is -2.18. The van der Waals surface area contributed by atoms with Crippen molar-refractivity contribution in [3.8, 4) is 6.07 Å². The van der Waals surface area contributed by atoms with Crippen molar-refractivity contribution in [3.05, 3.63) is 59.2 Å². The summed E-state index contributed by atoms with van der Waals surface area (Å²) in [5, 5.41) is 11.7. The summed E-state index contributed by atoms with van der Waals surface area (Å²) >= 11 is 6.73. The quantitative estimate of drug-likeness (QED) is 0.743. The standard InChI is InChI=1S/C16H14Br2N4O3/c1-3-21-7-10(6-19)15(24)22(16(21)25)8-13(23)20-14-11(17)4-9(2)5-12(14)18/h4-5,7H,3,8H2,1-2H3,(H,20,23). The van der Waals surface area contributed by atoms with E-state index in [0.717, 1.165) is 10.1 Å². The van der Waals surface area contributed by atoms with Gasteiger partial charge in [0.1, 0.15) is 18.2 Å². The van der Waals surface area contributed by atoms with Gasteiger partial charge in [0.25, 0.3) is 5.56 Å². The second-order valence-corrected chi connectivity index (χ2v) is 6.97. The van der Waals surface area contributed by atoms with E-state index in [1.807, 2.05) is 19.1 Å². The van der Waals surface area contributed by atoms with Crippen LogP contribution in [-0.4, -0.2) is 15.0 Å². The molecule has 0 atom stereocenters. The summed E-state index contributed by atoms with van der Waals surface area (Å²) in [6.07, 6.45) is 1.20. The fourth-order valence-corrected chi connectivity index (χ4v) is 3.85.